The van der Waals surface area contributed by atoms with Gasteiger partial charge in [-0.05, 0) is 38.3 Å². The summed E-state index contributed by atoms with van der Waals surface area (Å²) in [4.78, 5) is 6.68. The number of likely N-dealkylation sites (tertiary alicyclic amines) is 1. The predicted molar refractivity (Wildman–Crippen MR) is 110 cm³/mol. The number of para-hydroxylation sites is 1. The highest BCUT2D eigenvalue weighted by atomic mass is 19.4. The van der Waals surface area contributed by atoms with E-state index in [1.165, 1.54) is 18.2 Å². The lowest BCUT2D eigenvalue weighted by Crippen LogP contribution is -2.47. The van der Waals surface area contributed by atoms with Crippen LogP contribution in [0.25, 0.3) is 0 Å². The normalized spacial score (nSPS) is 16.0. The molecule has 1 N–H and O–H groups in total. The molecule has 0 aliphatic carbocycles. The summed E-state index contributed by atoms with van der Waals surface area (Å²) in [5.74, 6) is 0.583. The maximum Gasteiger partial charge on any atom is 0.419 e. The summed E-state index contributed by atoms with van der Waals surface area (Å²) in [5.41, 5.74) is -0.770. The van der Waals surface area contributed by atoms with Crippen LogP contribution in [0.2, 0.25) is 0 Å². The van der Waals surface area contributed by atoms with E-state index in [1.54, 1.807) is 7.11 Å². The molecule has 0 spiro atoms. The molecular weight excluding hydrogens is 399 g/mol. The minimum atomic E-state index is -4.44. The molecule has 1 saturated heterocycles. The van der Waals surface area contributed by atoms with Crippen molar-refractivity contribution in [1.82, 2.24) is 10.2 Å². The average molecular weight is 431 g/mol. The van der Waals surface area contributed by atoms with E-state index in [0.717, 1.165) is 44.4 Å². The fourth-order valence-corrected chi connectivity index (χ4v) is 3.25. The van der Waals surface area contributed by atoms with Gasteiger partial charge in [0.2, 0.25) is 0 Å². The fourth-order valence-electron chi connectivity index (χ4n) is 3.25. The first-order chi connectivity index (χ1) is 14.5. The minimum absolute atomic E-state index is 0.0705. The van der Waals surface area contributed by atoms with Crippen LogP contribution < -0.4 is 10.1 Å². The molecule has 0 saturated carbocycles. The molecule has 2 rings (SSSR count). The van der Waals surface area contributed by atoms with Crippen LogP contribution in [0.15, 0.2) is 29.3 Å². The van der Waals surface area contributed by atoms with Gasteiger partial charge in [0, 0.05) is 40.0 Å². The van der Waals surface area contributed by atoms with E-state index >= 15 is 0 Å². The van der Waals surface area contributed by atoms with Crippen molar-refractivity contribution in [2.24, 2.45) is 4.99 Å². The van der Waals surface area contributed by atoms with Crippen molar-refractivity contribution in [3.05, 3.63) is 29.8 Å². The highest BCUT2D eigenvalue weighted by molar-refractivity contribution is 5.80. The van der Waals surface area contributed by atoms with Crippen molar-refractivity contribution in [2.45, 2.75) is 38.5 Å². The predicted octanol–water partition coefficient (Wildman–Crippen LogP) is 3.57. The lowest BCUT2D eigenvalue weighted by Gasteiger charge is -2.34. The van der Waals surface area contributed by atoms with Crippen molar-refractivity contribution in [1.29, 1.82) is 0 Å². The molecule has 0 unspecified atom stereocenters. The maximum atomic E-state index is 13.0. The Bertz CT molecular complexity index is 648. The Morgan fingerprint density at radius 1 is 1.17 bits per heavy atom. The van der Waals surface area contributed by atoms with Crippen LogP contribution in [0.4, 0.5) is 13.2 Å². The van der Waals surface area contributed by atoms with E-state index < -0.39 is 11.7 Å². The SMILES string of the molecule is CCNC(=NCCOc1ccccc1C(F)(F)F)N1CCC(OCCCOC)CC1. The number of hydrogen-bond donors (Lipinski definition) is 1. The van der Waals surface area contributed by atoms with Gasteiger partial charge in [0.05, 0.1) is 18.2 Å². The summed E-state index contributed by atoms with van der Waals surface area (Å²) < 4.78 is 55.4. The van der Waals surface area contributed by atoms with Gasteiger partial charge in [0.25, 0.3) is 0 Å². The fraction of sp³-hybridized carbons (Fsp3) is 0.667. The van der Waals surface area contributed by atoms with Gasteiger partial charge >= 0.3 is 6.18 Å². The zero-order valence-electron chi connectivity index (χ0n) is 17.7. The third kappa shape index (κ3) is 8.02. The molecule has 170 valence electrons. The lowest BCUT2D eigenvalue weighted by molar-refractivity contribution is -0.138. The molecule has 1 aliphatic heterocycles. The number of halogens is 3. The number of ether oxygens (including phenoxy) is 3. The molecule has 0 aromatic heterocycles. The van der Waals surface area contributed by atoms with Crippen LogP contribution in [0, 0.1) is 0 Å². The van der Waals surface area contributed by atoms with Gasteiger partial charge in [-0.25, -0.2) is 4.99 Å². The number of alkyl halides is 3. The van der Waals surface area contributed by atoms with Gasteiger partial charge in [-0.1, -0.05) is 12.1 Å². The minimum Gasteiger partial charge on any atom is -0.491 e. The molecule has 0 radical (unpaired) electrons. The van der Waals surface area contributed by atoms with Gasteiger partial charge in [-0.2, -0.15) is 13.2 Å². The standard InChI is InChI=1S/C21H32F3N3O3/c1-3-25-20(27-12-9-17(10-13-27)29-15-6-14-28-2)26-11-16-30-19-8-5-4-7-18(19)21(22,23)24/h4-5,7-8,17H,3,6,9-16H2,1-2H3,(H,25,26). The summed E-state index contributed by atoms with van der Waals surface area (Å²) in [7, 11) is 1.68. The smallest absolute Gasteiger partial charge is 0.419 e. The molecule has 1 heterocycles. The van der Waals surface area contributed by atoms with Crippen molar-refractivity contribution in [3.63, 3.8) is 0 Å². The molecule has 1 aromatic carbocycles. The summed E-state index contributed by atoms with van der Waals surface area (Å²) in [5, 5.41) is 3.24. The number of guanidine groups is 1. The van der Waals surface area contributed by atoms with E-state index in [4.69, 9.17) is 14.2 Å². The Labute approximate surface area is 176 Å². The average Bonchev–Trinajstić information content (AvgIpc) is 2.73. The van der Waals surface area contributed by atoms with Crippen LogP contribution in [0.1, 0.15) is 31.7 Å². The molecule has 9 heteroatoms. The number of methoxy groups -OCH3 is 1. The third-order valence-electron chi connectivity index (χ3n) is 4.73. The van der Waals surface area contributed by atoms with E-state index in [0.29, 0.717) is 19.8 Å². The van der Waals surface area contributed by atoms with Crippen LogP contribution >= 0.6 is 0 Å². The molecule has 1 aromatic rings. The number of benzene rings is 1. The van der Waals surface area contributed by atoms with E-state index in [9.17, 15) is 13.2 Å². The number of nitrogens with zero attached hydrogens (tertiary/aromatic N) is 2. The van der Waals surface area contributed by atoms with Gasteiger partial charge in [0.1, 0.15) is 12.4 Å². The number of aliphatic imine (C=N–C) groups is 1. The summed E-state index contributed by atoms with van der Waals surface area (Å²) in [6.07, 6.45) is -1.49. The van der Waals surface area contributed by atoms with Gasteiger partial charge < -0.3 is 24.4 Å². The maximum absolute atomic E-state index is 13.0. The molecule has 6 nitrogen and oxygen atoms in total. The molecule has 30 heavy (non-hydrogen) atoms. The first kappa shape index (κ1) is 24.3. The Morgan fingerprint density at radius 2 is 1.90 bits per heavy atom. The van der Waals surface area contributed by atoms with Gasteiger partial charge in [0.15, 0.2) is 5.96 Å². The van der Waals surface area contributed by atoms with Crippen molar-refractivity contribution in [3.8, 4) is 5.75 Å². The van der Waals surface area contributed by atoms with Crippen molar-refractivity contribution < 1.29 is 27.4 Å². The first-order valence-electron chi connectivity index (χ1n) is 10.4. The molecule has 1 fully saturated rings. The second-order valence-corrected chi connectivity index (χ2v) is 6.98. The van der Waals surface area contributed by atoms with Crippen molar-refractivity contribution in [2.75, 3.05) is 53.1 Å². The highest BCUT2D eigenvalue weighted by Crippen LogP contribution is 2.35. The summed E-state index contributed by atoms with van der Waals surface area (Å²) in [6, 6.07) is 5.22. The number of hydrogen-bond acceptors (Lipinski definition) is 4. The van der Waals surface area contributed by atoms with Crippen LogP contribution in [-0.2, 0) is 15.7 Å². The molecule has 1 aliphatic rings. The molecular formula is C21H32F3N3O3. The van der Waals surface area contributed by atoms with Crippen molar-refractivity contribution >= 4 is 5.96 Å². The van der Waals surface area contributed by atoms with Gasteiger partial charge in [-0.3, -0.25) is 0 Å². The van der Waals surface area contributed by atoms with E-state index in [2.05, 4.69) is 15.2 Å². The molecule has 0 bridgehead atoms. The van der Waals surface area contributed by atoms with Crippen LogP contribution in [0.5, 0.6) is 5.75 Å². The zero-order chi connectivity index (χ0) is 21.8. The Kier molecular flexibility index (Phi) is 10.2. The quantitative estimate of drug-likeness (QED) is 0.349. The van der Waals surface area contributed by atoms with Crippen LogP contribution in [-0.4, -0.2) is 70.1 Å². The Morgan fingerprint density at radius 3 is 2.57 bits per heavy atom. The summed E-state index contributed by atoms with van der Waals surface area (Å²) >= 11 is 0. The second kappa shape index (κ2) is 12.6. The number of piperidine rings is 1. The van der Waals surface area contributed by atoms with Gasteiger partial charge in [-0.15, -0.1) is 0 Å². The van der Waals surface area contributed by atoms with E-state index in [-0.39, 0.29) is 25.0 Å². The second-order valence-electron chi connectivity index (χ2n) is 6.98. The monoisotopic (exact) mass is 431 g/mol. The van der Waals surface area contributed by atoms with E-state index in [1.807, 2.05) is 6.92 Å². The molecule has 0 atom stereocenters. The largest absolute Gasteiger partial charge is 0.491 e. The summed E-state index contributed by atoms with van der Waals surface area (Å²) in [6.45, 7) is 6.07. The topological polar surface area (TPSA) is 55.3 Å². The third-order valence-corrected chi connectivity index (χ3v) is 4.73. The Balaban J connectivity index is 1.82. The first-order valence-corrected chi connectivity index (χ1v) is 10.4. The lowest BCUT2D eigenvalue weighted by atomic mass is 10.1. The highest BCUT2D eigenvalue weighted by Gasteiger charge is 2.34. The molecule has 0 amide bonds. The Hall–Kier alpha value is -2.00. The van der Waals surface area contributed by atoms with Crippen LogP contribution in [0.3, 0.4) is 0 Å². The number of rotatable bonds is 10. The number of nitrogens with one attached hydrogen (secondary N) is 1. The zero-order valence-corrected chi connectivity index (χ0v) is 17.7.